The van der Waals surface area contributed by atoms with E-state index in [9.17, 15) is 13.2 Å². The average molecular weight is 297 g/mol. The SMILES string of the molecule is O=C(CCl)N[C@H]1CS(=O)(=O)C[C@H]1N1CCOCC1. The molecule has 1 amide bonds. The highest BCUT2D eigenvalue weighted by Crippen LogP contribution is 2.19. The summed E-state index contributed by atoms with van der Waals surface area (Å²) in [5.41, 5.74) is 0. The van der Waals surface area contributed by atoms with Crippen LogP contribution < -0.4 is 5.32 Å². The molecule has 0 unspecified atom stereocenters. The first-order valence-corrected chi connectivity index (χ1v) is 8.25. The van der Waals surface area contributed by atoms with Crippen molar-refractivity contribution in [1.29, 1.82) is 0 Å². The molecule has 0 aromatic carbocycles. The lowest BCUT2D eigenvalue weighted by molar-refractivity contribution is -0.119. The van der Waals surface area contributed by atoms with E-state index in [2.05, 4.69) is 10.2 Å². The van der Waals surface area contributed by atoms with Crippen molar-refractivity contribution in [3.63, 3.8) is 0 Å². The van der Waals surface area contributed by atoms with Gasteiger partial charge in [-0.15, -0.1) is 11.6 Å². The number of carbonyl (C=O) groups excluding carboxylic acids is 1. The molecule has 0 radical (unpaired) electrons. The number of carbonyl (C=O) groups is 1. The van der Waals surface area contributed by atoms with Crippen LogP contribution in [0.4, 0.5) is 0 Å². The number of nitrogens with one attached hydrogen (secondary N) is 1. The smallest absolute Gasteiger partial charge is 0.235 e. The predicted molar refractivity (Wildman–Crippen MR) is 67.5 cm³/mol. The lowest BCUT2D eigenvalue weighted by atomic mass is 10.1. The Morgan fingerprint density at radius 2 is 2.00 bits per heavy atom. The van der Waals surface area contributed by atoms with Gasteiger partial charge >= 0.3 is 0 Å². The molecule has 2 aliphatic rings. The number of alkyl halides is 1. The van der Waals surface area contributed by atoms with Gasteiger partial charge in [0.15, 0.2) is 9.84 Å². The molecule has 2 saturated heterocycles. The minimum Gasteiger partial charge on any atom is -0.379 e. The molecule has 2 fully saturated rings. The summed E-state index contributed by atoms with van der Waals surface area (Å²) >= 11 is 5.44. The summed E-state index contributed by atoms with van der Waals surface area (Å²) in [5, 5.41) is 2.70. The number of halogens is 1. The number of sulfone groups is 1. The molecule has 1 N–H and O–H groups in total. The Kier molecular flexibility index (Phi) is 4.47. The van der Waals surface area contributed by atoms with Crippen LogP contribution in [0.5, 0.6) is 0 Å². The Morgan fingerprint density at radius 3 is 2.61 bits per heavy atom. The van der Waals surface area contributed by atoms with Gasteiger partial charge in [0.05, 0.1) is 30.8 Å². The largest absolute Gasteiger partial charge is 0.379 e. The van der Waals surface area contributed by atoms with Gasteiger partial charge in [-0.05, 0) is 0 Å². The molecule has 0 spiro atoms. The highest BCUT2D eigenvalue weighted by Gasteiger charge is 2.41. The number of hydrogen-bond donors (Lipinski definition) is 1. The van der Waals surface area contributed by atoms with Crippen LogP contribution in [0.25, 0.3) is 0 Å². The average Bonchev–Trinajstić information content (AvgIpc) is 2.65. The van der Waals surface area contributed by atoms with E-state index in [-0.39, 0.29) is 35.4 Å². The Bertz CT molecular complexity index is 408. The Morgan fingerprint density at radius 1 is 1.33 bits per heavy atom. The summed E-state index contributed by atoms with van der Waals surface area (Å²) < 4.78 is 28.7. The second-order valence-electron chi connectivity index (χ2n) is 4.60. The molecule has 2 heterocycles. The number of morpholine rings is 1. The van der Waals surface area contributed by atoms with Crippen LogP contribution in [0.15, 0.2) is 0 Å². The Balaban J connectivity index is 2.07. The molecule has 0 aromatic rings. The quantitative estimate of drug-likeness (QED) is 0.665. The first-order valence-electron chi connectivity index (χ1n) is 5.89. The maximum Gasteiger partial charge on any atom is 0.235 e. The van der Waals surface area contributed by atoms with Crippen LogP contribution >= 0.6 is 11.6 Å². The van der Waals surface area contributed by atoms with Gasteiger partial charge in [-0.2, -0.15) is 0 Å². The monoisotopic (exact) mass is 296 g/mol. The van der Waals surface area contributed by atoms with E-state index in [1.807, 2.05) is 0 Å². The fourth-order valence-electron chi connectivity index (χ4n) is 2.48. The van der Waals surface area contributed by atoms with Gasteiger partial charge in [0, 0.05) is 19.1 Å². The molecule has 0 saturated carbocycles. The molecular weight excluding hydrogens is 280 g/mol. The van der Waals surface area contributed by atoms with Crippen molar-refractivity contribution < 1.29 is 17.9 Å². The van der Waals surface area contributed by atoms with Crippen molar-refractivity contribution >= 4 is 27.3 Å². The second-order valence-corrected chi connectivity index (χ2v) is 7.02. The van der Waals surface area contributed by atoms with E-state index in [0.717, 1.165) is 0 Å². The van der Waals surface area contributed by atoms with Crippen LogP contribution in [0.2, 0.25) is 0 Å². The summed E-state index contributed by atoms with van der Waals surface area (Å²) in [4.78, 5) is 13.4. The summed E-state index contributed by atoms with van der Waals surface area (Å²) in [6.07, 6.45) is 0. The fraction of sp³-hybridized carbons (Fsp3) is 0.900. The molecule has 8 heteroatoms. The number of amides is 1. The minimum absolute atomic E-state index is 0.00233. The fourth-order valence-corrected chi connectivity index (χ4v) is 4.51. The van der Waals surface area contributed by atoms with Gasteiger partial charge in [-0.3, -0.25) is 9.69 Å². The Labute approximate surface area is 112 Å². The summed E-state index contributed by atoms with van der Waals surface area (Å²) in [7, 11) is -3.09. The van der Waals surface area contributed by atoms with Crippen molar-refractivity contribution in [2.45, 2.75) is 12.1 Å². The van der Waals surface area contributed by atoms with Crippen molar-refractivity contribution in [1.82, 2.24) is 10.2 Å². The van der Waals surface area contributed by atoms with E-state index in [1.165, 1.54) is 0 Å². The highest BCUT2D eigenvalue weighted by atomic mass is 35.5. The van der Waals surface area contributed by atoms with Gasteiger partial charge in [-0.25, -0.2) is 8.42 Å². The molecular formula is C10H17ClN2O4S. The lowest BCUT2D eigenvalue weighted by Gasteiger charge is -2.34. The molecule has 0 bridgehead atoms. The standard InChI is InChI=1S/C10H17ClN2O4S/c11-5-10(14)12-8-6-18(15,16)7-9(8)13-1-3-17-4-2-13/h8-9H,1-7H2,(H,12,14)/t8-,9+/m0/s1. The van der Waals surface area contributed by atoms with Crippen LogP contribution in [-0.4, -0.2) is 75.0 Å². The van der Waals surface area contributed by atoms with Gasteiger partial charge in [0.1, 0.15) is 5.88 Å². The third-order valence-corrected chi connectivity index (χ3v) is 5.26. The molecule has 104 valence electrons. The first-order chi connectivity index (χ1) is 8.52. The van der Waals surface area contributed by atoms with Crippen molar-refractivity contribution in [2.75, 3.05) is 43.7 Å². The van der Waals surface area contributed by atoms with Gasteiger partial charge in [0.2, 0.25) is 5.91 Å². The first kappa shape index (κ1) is 14.0. The molecule has 0 aromatic heterocycles. The number of ether oxygens (including phenoxy) is 1. The van der Waals surface area contributed by atoms with Crippen molar-refractivity contribution in [3.05, 3.63) is 0 Å². The predicted octanol–water partition coefficient (Wildman–Crippen LogP) is -1.16. The van der Waals surface area contributed by atoms with Gasteiger partial charge in [-0.1, -0.05) is 0 Å². The molecule has 0 aliphatic carbocycles. The molecule has 2 rings (SSSR count). The zero-order valence-electron chi connectivity index (χ0n) is 9.97. The summed E-state index contributed by atoms with van der Waals surface area (Å²) in [6.45, 7) is 2.61. The third kappa shape index (κ3) is 3.34. The normalized spacial score (nSPS) is 32.3. The van der Waals surface area contributed by atoms with E-state index in [4.69, 9.17) is 16.3 Å². The molecule has 6 nitrogen and oxygen atoms in total. The molecule has 18 heavy (non-hydrogen) atoms. The number of nitrogens with zero attached hydrogens (tertiary/aromatic N) is 1. The third-order valence-electron chi connectivity index (χ3n) is 3.31. The lowest BCUT2D eigenvalue weighted by Crippen LogP contribution is -2.54. The maximum absolute atomic E-state index is 11.7. The highest BCUT2D eigenvalue weighted by molar-refractivity contribution is 7.91. The summed E-state index contributed by atoms with van der Waals surface area (Å²) in [6, 6.07) is -0.523. The van der Waals surface area contributed by atoms with Crippen LogP contribution in [0.3, 0.4) is 0 Å². The summed E-state index contributed by atoms with van der Waals surface area (Å²) in [5.74, 6) is -0.374. The number of hydrogen-bond acceptors (Lipinski definition) is 5. The maximum atomic E-state index is 11.7. The van der Waals surface area contributed by atoms with E-state index < -0.39 is 9.84 Å². The van der Waals surface area contributed by atoms with Crippen LogP contribution in [0.1, 0.15) is 0 Å². The van der Waals surface area contributed by atoms with E-state index in [0.29, 0.717) is 26.3 Å². The van der Waals surface area contributed by atoms with Gasteiger partial charge in [0.25, 0.3) is 0 Å². The molecule has 2 aliphatic heterocycles. The minimum atomic E-state index is -3.09. The molecule has 2 atom stereocenters. The van der Waals surface area contributed by atoms with E-state index >= 15 is 0 Å². The second kappa shape index (κ2) is 5.73. The van der Waals surface area contributed by atoms with Crippen LogP contribution in [0, 0.1) is 0 Å². The Hall–Kier alpha value is -0.370. The number of rotatable bonds is 3. The van der Waals surface area contributed by atoms with E-state index in [1.54, 1.807) is 0 Å². The van der Waals surface area contributed by atoms with Crippen molar-refractivity contribution in [3.8, 4) is 0 Å². The topological polar surface area (TPSA) is 75.7 Å². The zero-order chi connectivity index (χ0) is 13.2. The zero-order valence-corrected chi connectivity index (χ0v) is 11.5. The van der Waals surface area contributed by atoms with Crippen LogP contribution in [-0.2, 0) is 19.4 Å². The van der Waals surface area contributed by atoms with Gasteiger partial charge < -0.3 is 10.1 Å². The van der Waals surface area contributed by atoms with Crippen molar-refractivity contribution in [2.24, 2.45) is 0 Å².